The molecule has 6 nitrogen and oxygen atoms in total. The summed E-state index contributed by atoms with van der Waals surface area (Å²) in [5.41, 5.74) is 1.55. The van der Waals surface area contributed by atoms with Gasteiger partial charge in [0.1, 0.15) is 0 Å². The van der Waals surface area contributed by atoms with Crippen molar-refractivity contribution in [1.29, 1.82) is 0 Å². The maximum absolute atomic E-state index is 12.5. The van der Waals surface area contributed by atoms with Gasteiger partial charge in [-0.2, -0.15) is 0 Å². The van der Waals surface area contributed by atoms with Crippen LogP contribution in [0.1, 0.15) is 39.3 Å². The molecular weight excluding hydrogens is 388 g/mol. The third kappa shape index (κ3) is 4.29. The zero-order chi connectivity index (χ0) is 17.8. The molecule has 1 aliphatic heterocycles. The molecular formula is C18H19BrN2O4. The summed E-state index contributed by atoms with van der Waals surface area (Å²) in [4.78, 5) is 24.9. The molecule has 1 fully saturated rings. The molecule has 0 saturated carbocycles. The van der Waals surface area contributed by atoms with E-state index in [1.165, 1.54) is 0 Å². The van der Waals surface area contributed by atoms with Gasteiger partial charge in [0.25, 0.3) is 11.8 Å². The first kappa shape index (κ1) is 17.7. The molecule has 1 aliphatic rings. The maximum atomic E-state index is 12.5. The lowest BCUT2D eigenvalue weighted by Crippen LogP contribution is -2.32. The molecule has 2 heterocycles. The first-order valence-corrected chi connectivity index (χ1v) is 8.90. The van der Waals surface area contributed by atoms with Crippen LogP contribution in [0.4, 0.5) is 5.69 Å². The van der Waals surface area contributed by atoms with Crippen molar-refractivity contribution in [1.82, 2.24) is 5.32 Å². The summed E-state index contributed by atoms with van der Waals surface area (Å²) in [5, 5.41) is 5.61. The predicted octanol–water partition coefficient (Wildman–Crippen LogP) is 3.51. The second-order valence-corrected chi connectivity index (χ2v) is 6.69. The predicted molar refractivity (Wildman–Crippen MR) is 96.8 cm³/mol. The average Bonchev–Trinajstić information content (AvgIpc) is 3.22. The number of hydrogen-bond acceptors (Lipinski definition) is 4. The molecule has 2 aromatic rings. The van der Waals surface area contributed by atoms with E-state index >= 15 is 0 Å². The number of ether oxygens (including phenoxy) is 1. The highest BCUT2D eigenvalue weighted by Crippen LogP contribution is 2.22. The highest BCUT2D eigenvalue weighted by molar-refractivity contribution is 9.10. The van der Waals surface area contributed by atoms with Gasteiger partial charge in [-0.05, 0) is 53.9 Å². The van der Waals surface area contributed by atoms with Crippen LogP contribution in [-0.4, -0.2) is 31.1 Å². The van der Waals surface area contributed by atoms with E-state index in [-0.39, 0.29) is 17.8 Å². The summed E-state index contributed by atoms with van der Waals surface area (Å²) in [5.74, 6) is -0.437. The largest absolute Gasteiger partial charge is 0.444 e. The highest BCUT2D eigenvalue weighted by Gasteiger charge is 2.20. The Morgan fingerprint density at radius 3 is 2.76 bits per heavy atom. The number of amides is 2. The Labute approximate surface area is 154 Å². The van der Waals surface area contributed by atoms with Gasteiger partial charge in [-0.1, -0.05) is 12.1 Å². The van der Waals surface area contributed by atoms with Gasteiger partial charge >= 0.3 is 0 Å². The minimum absolute atomic E-state index is 0.0637. The standard InChI is InChI=1S/C18H19BrN2O4/c1-11-9-15(19)25-16(11)18(23)21-14-7-3-2-6-13(14)17(22)20-10-12-5-4-8-24-12/h2-3,6-7,9,12H,4-5,8,10H2,1H3,(H,20,22)(H,21,23)/t12-/m1/s1. The quantitative estimate of drug-likeness (QED) is 0.795. The zero-order valence-electron chi connectivity index (χ0n) is 13.8. The monoisotopic (exact) mass is 406 g/mol. The number of carbonyl (C=O) groups excluding carboxylic acids is 2. The van der Waals surface area contributed by atoms with E-state index < -0.39 is 5.91 Å². The van der Waals surface area contributed by atoms with E-state index in [9.17, 15) is 9.59 Å². The Bertz CT molecular complexity index is 781. The lowest BCUT2D eigenvalue weighted by Gasteiger charge is -2.13. The zero-order valence-corrected chi connectivity index (χ0v) is 15.4. The van der Waals surface area contributed by atoms with E-state index in [1.54, 1.807) is 37.3 Å². The molecule has 0 spiro atoms. The molecule has 3 rings (SSSR count). The number of nitrogens with one attached hydrogen (secondary N) is 2. The smallest absolute Gasteiger partial charge is 0.291 e. The summed E-state index contributed by atoms with van der Waals surface area (Å²) in [6, 6.07) is 8.59. The van der Waals surface area contributed by atoms with Crippen LogP contribution in [0.2, 0.25) is 0 Å². The van der Waals surface area contributed by atoms with Crippen LogP contribution in [0.3, 0.4) is 0 Å². The Kier molecular flexibility index (Phi) is 5.55. The number of anilines is 1. The molecule has 132 valence electrons. The summed E-state index contributed by atoms with van der Waals surface area (Å²) in [6.07, 6.45) is 2.03. The van der Waals surface area contributed by atoms with Crippen molar-refractivity contribution in [3.05, 3.63) is 51.9 Å². The van der Waals surface area contributed by atoms with Crippen LogP contribution in [0.25, 0.3) is 0 Å². The van der Waals surface area contributed by atoms with Gasteiger partial charge in [0.05, 0.1) is 17.4 Å². The van der Waals surface area contributed by atoms with Crippen LogP contribution in [0, 0.1) is 6.92 Å². The van der Waals surface area contributed by atoms with E-state index in [1.807, 2.05) is 0 Å². The first-order chi connectivity index (χ1) is 12.0. The number of carbonyl (C=O) groups is 2. The normalized spacial score (nSPS) is 16.6. The van der Waals surface area contributed by atoms with Gasteiger partial charge in [-0.15, -0.1) is 0 Å². The fraction of sp³-hybridized carbons (Fsp3) is 0.333. The molecule has 0 unspecified atom stereocenters. The van der Waals surface area contributed by atoms with Crippen molar-refractivity contribution >= 4 is 33.4 Å². The molecule has 0 aliphatic carbocycles. The van der Waals surface area contributed by atoms with Gasteiger partial charge < -0.3 is 19.8 Å². The van der Waals surface area contributed by atoms with Gasteiger partial charge in [-0.25, -0.2) is 0 Å². The van der Waals surface area contributed by atoms with E-state index in [4.69, 9.17) is 9.15 Å². The van der Waals surface area contributed by atoms with Crippen LogP contribution < -0.4 is 10.6 Å². The molecule has 1 aromatic carbocycles. The minimum Gasteiger partial charge on any atom is -0.444 e. The molecule has 2 N–H and O–H groups in total. The van der Waals surface area contributed by atoms with Crippen LogP contribution >= 0.6 is 15.9 Å². The second kappa shape index (κ2) is 7.84. The maximum Gasteiger partial charge on any atom is 0.291 e. The third-order valence-corrected chi connectivity index (χ3v) is 4.42. The van der Waals surface area contributed by atoms with Crippen LogP contribution in [0.5, 0.6) is 0 Å². The van der Waals surface area contributed by atoms with Crippen molar-refractivity contribution < 1.29 is 18.7 Å². The van der Waals surface area contributed by atoms with Gasteiger partial charge in [0, 0.05) is 18.7 Å². The van der Waals surface area contributed by atoms with Crippen molar-refractivity contribution in [2.45, 2.75) is 25.9 Å². The second-order valence-electron chi connectivity index (χ2n) is 5.91. The van der Waals surface area contributed by atoms with E-state index in [0.717, 1.165) is 19.4 Å². The van der Waals surface area contributed by atoms with E-state index in [2.05, 4.69) is 26.6 Å². The fourth-order valence-electron chi connectivity index (χ4n) is 2.74. The van der Waals surface area contributed by atoms with Crippen molar-refractivity contribution in [2.75, 3.05) is 18.5 Å². The Hall–Kier alpha value is -2.12. The lowest BCUT2D eigenvalue weighted by atomic mass is 10.1. The molecule has 25 heavy (non-hydrogen) atoms. The third-order valence-electron chi connectivity index (χ3n) is 4.03. The Morgan fingerprint density at radius 2 is 2.08 bits per heavy atom. The van der Waals surface area contributed by atoms with Gasteiger partial charge in [0.15, 0.2) is 10.4 Å². The molecule has 7 heteroatoms. The molecule has 0 bridgehead atoms. The molecule has 1 aromatic heterocycles. The Morgan fingerprint density at radius 1 is 1.28 bits per heavy atom. The topological polar surface area (TPSA) is 80.6 Å². The van der Waals surface area contributed by atoms with Crippen LogP contribution in [-0.2, 0) is 4.74 Å². The molecule has 1 atom stereocenters. The lowest BCUT2D eigenvalue weighted by molar-refractivity contribution is 0.0858. The van der Waals surface area contributed by atoms with Gasteiger partial charge in [-0.3, -0.25) is 9.59 Å². The van der Waals surface area contributed by atoms with E-state index in [0.29, 0.717) is 28.0 Å². The number of para-hydroxylation sites is 1. The summed E-state index contributed by atoms with van der Waals surface area (Å²) in [7, 11) is 0. The molecule has 2 amide bonds. The summed E-state index contributed by atoms with van der Waals surface area (Å²) >= 11 is 3.20. The number of furan rings is 1. The Balaban J connectivity index is 1.70. The molecule has 1 saturated heterocycles. The summed E-state index contributed by atoms with van der Waals surface area (Å²) in [6.45, 7) is 2.99. The average molecular weight is 407 g/mol. The van der Waals surface area contributed by atoms with Crippen LogP contribution in [0.15, 0.2) is 39.4 Å². The SMILES string of the molecule is Cc1cc(Br)oc1C(=O)Nc1ccccc1C(=O)NC[C@H]1CCCO1. The van der Waals surface area contributed by atoms with Crippen molar-refractivity contribution in [3.63, 3.8) is 0 Å². The fourth-order valence-corrected chi connectivity index (χ4v) is 3.25. The number of rotatable bonds is 5. The first-order valence-electron chi connectivity index (χ1n) is 8.10. The van der Waals surface area contributed by atoms with Crippen molar-refractivity contribution in [3.8, 4) is 0 Å². The number of aryl methyl sites for hydroxylation is 1. The minimum atomic E-state index is -0.400. The number of benzene rings is 1. The number of hydrogen-bond donors (Lipinski definition) is 2. The highest BCUT2D eigenvalue weighted by atomic mass is 79.9. The summed E-state index contributed by atoms with van der Waals surface area (Å²) < 4.78 is 11.3. The van der Waals surface area contributed by atoms with Gasteiger partial charge in [0.2, 0.25) is 0 Å². The van der Waals surface area contributed by atoms with Crippen molar-refractivity contribution in [2.24, 2.45) is 0 Å². The molecule has 0 radical (unpaired) electrons. The number of halogens is 1.